The van der Waals surface area contributed by atoms with Crippen molar-refractivity contribution in [2.45, 2.75) is 33.7 Å². The molecule has 2 aromatic rings. The molecule has 0 spiro atoms. The van der Waals surface area contributed by atoms with Crippen molar-refractivity contribution >= 4 is 0 Å². The van der Waals surface area contributed by atoms with Crippen LogP contribution in [0.3, 0.4) is 0 Å². The third-order valence-corrected chi connectivity index (χ3v) is 3.30. The molecule has 0 atom stereocenters. The molecule has 0 radical (unpaired) electrons. The van der Waals surface area contributed by atoms with Crippen LogP contribution in [0.15, 0.2) is 24.4 Å². The Morgan fingerprint density at radius 1 is 1.29 bits per heavy atom. The largest absolute Gasteiger partial charge is 0.312 e. The van der Waals surface area contributed by atoms with E-state index in [9.17, 15) is 8.78 Å². The topological polar surface area (TPSA) is 29.9 Å². The predicted molar refractivity (Wildman–Crippen MR) is 79.4 cm³/mol. The maximum Gasteiger partial charge on any atom is 0.151 e. The maximum absolute atomic E-state index is 13.9. The third-order valence-electron chi connectivity index (χ3n) is 3.30. The lowest BCUT2D eigenvalue weighted by Crippen LogP contribution is -2.19. The van der Waals surface area contributed by atoms with Gasteiger partial charge in [0.2, 0.25) is 0 Å². The van der Waals surface area contributed by atoms with E-state index in [4.69, 9.17) is 0 Å². The summed E-state index contributed by atoms with van der Waals surface area (Å²) in [6.07, 6.45) is 2.48. The van der Waals surface area contributed by atoms with Gasteiger partial charge >= 0.3 is 0 Å². The van der Waals surface area contributed by atoms with Gasteiger partial charge in [-0.15, -0.1) is 0 Å². The van der Waals surface area contributed by atoms with E-state index in [1.165, 1.54) is 12.1 Å². The van der Waals surface area contributed by atoms with Gasteiger partial charge in [-0.2, -0.15) is 5.10 Å². The van der Waals surface area contributed by atoms with Gasteiger partial charge in [0.25, 0.3) is 0 Å². The summed E-state index contributed by atoms with van der Waals surface area (Å²) in [7, 11) is 0. The van der Waals surface area contributed by atoms with Crippen molar-refractivity contribution < 1.29 is 8.78 Å². The Morgan fingerprint density at radius 2 is 2.05 bits per heavy atom. The Bertz CT molecular complexity index is 606. The van der Waals surface area contributed by atoms with Crippen molar-refractivity contribution in [2.24, 2.45) is 5.92 Å². The molecule has 0 aliphatic heterocycles. The number of aromatic nitrogens is 2. The number of nitrogens with zero attached hydrogens (tertiary/aromatic N) is 2. The molecule has 2 rings (SSSR count). The van der Waals surface area contributed by atoms with Crippen LogP contribution in [-0.2, 0) is 13.0 Å². The molecule has 1 N–H and O–H groups in total. The summed E-state index contributed by atoms with van der Waals surface area (Å²) < 4.78 is 28.5. The second-order valence-electron chi connectivity index (χ2n) is 5.50. The van der Waals surface area contributed by atoms with Crippen LogP contribution in [-0.4, -0.2) is 16.3 Å². The minimum absolute atomic E-state index is 0.281. The predicted octanol–water partition coefficient (Wildman–Crippen LogP) is 3.46. The first kappa shape index (κ1) is 15.6. The summed E-state index contributed by atoms with van der Waals surface area (Å²) in [5.41, 5.74) is 2.27. The van der Waals surface area contributed by atoms with E-state index in [2.05, 4.69) is 24.3 Å². The molecular formula is C16H21F2N3. The highest BCUT2D eigenvalue weighted by molar-refractivity contribution is 5.37. The van der Waals surface area contributed by atoms with Crippen molar-refractivity contribution in [1.29, 1.82) is 0 Å². The smallest absolute Gasteiger partial charge is 0.151 e. The molecule has 0 aliphatic rings. The third kappa shape index (κ3) is 3.67. The fourth-order valence-electron chi connectivity index (χ4n) is 2.29. The highest BCUT2D eigenvalue weighted by Gasteiger charge is 2.14. The first-order valence-corrected chi connectivity index (χ1v) is 7.24. The van der Waals surface area contributed by atoms with Crippen molar-refractivity contribution in [3.05, 3.63) is 47.3 Å². The van der Waals surface area contributed by atoms with Gasteiger partial charge in [-0.1, -0.05) is 20.8 Å². The molecule has 114 valence electrons. The van der Waals surface area contributed by atoms with Crippen LogP contribution in [0, 0.1) is 17.6 Å². The highest BCUT2D eigenvalue weighted by Crippen LogP contribution is 2.19. The first-order valence-electron chi connectivity index (χ1n) is 7.24. The van der Waals surface area contributed by atoms with E-state index >= 15 is 0 Å². The SMILES string of the molecule is CCc1c(CNCC(C)C)cnn1-c1ccc(F)cc1F. The molecule has 0 fully saturated rings. The van der Waals surface area contributed by atoms with E-state index in [1.807, 2.05) is 6.92 Å². The normalized spacial score (nSPS) is 11.3. The number of hydrogen-bond donors (Lipinski definition) is 1. The molecule has 0 unspecified atom stereocenters. The molecule has 1 aromatic heterocycles. The van der Waals surface area contributed by atoms with E-state index < -0.39 is 11.6 Å². The maximum atomic E-state index is 13.9. The van der Waals surface area contributed by atoms with E-state index in [1.54, 1.807) is 10.9 Å². The molecule has 1 aromatic carbocycles. The Morgan fingerprint density at radius 3 is 2.67 bits per heavy atom. The van der Waals surface area contributed by atoms with Crippen LogP contribution in [0.1, 0.15) is 32.0 Å². The van der Waals surface area contributed by atoms with Crippen LogP contribution in [0.4, 0.5) is 8.78 Å². The Hall–Kier alpha value is -1.75. The monoisotopic (exact) mass is 293 g/mol. The lowest BCUT2D eigenvalue weighted by Gasteiger charge is -2.10. The fraction of sp³-hybridized carbons (Fsp3) is 0.438. The fourth-order valence-corrected chi connectivity index (χ4v) is 2.29. The van der Waals surface area contributed by atoms with E-state index in [-0.39, 0.29) is 5.69 Å². The zero-order valence-corrected chi connectivity index (χ0v) is 12.7. The summed E-state index contributed by atoms with van der Waals surface area (Å²) in [4.78, 5) is 0. The zero-order chi connectivity index (χ0) is 15.4. The summed E-state index contributed by atoms with van der Waals surface area (Å²) in [5.74, 6) is -0.616. The molecule has 3 nitrogen and oxygen atoms in total. The van der Waals surface area contributed by atoms with Crippen molar-refractivity contribution in [1.82, 2.24) is 15.1 Å². The minimum Gasteiger partial charge on any atom is -0.312 e. The zero-order valence-electron chi connectivity index (χ0n) is 12.7. The molecule has 0 bridgehead atoms. The Balaban J connectivity index is 2.26. The molecule has 0 amide bonds. The Labute approximate surface area is 124 Å². The van der Waals surface area contributed by atoms with Gasteiger partial charge in [0.05, 0.1) is 6.20 Å². The Kier molecular flexibility index (Phi) is 5.07. The van der Waals surface area contributed by atoms with Crippen molar-refractivity contribution in [2.75, 3.05) is 6.54 Å². The van der Waals surface area contributed by atoms with Crippen LogP contribution in [0.5, 0.6) is 0 Å². The number of rotatable bonds is 6. The number of nitrogens with one attached hydrogen (secondary N) is 1. The number of hydrogen-bond acceptors (Lipinski definition) is 2. The second-order valence-corrected chi connectivity index (χ2v) is 5.50. The summed E-state index contributed by atoms with van der Waals surface area (Å²) in [6.45, 7) is 7.90. The van der Waals surface area contributed by atoms with Crippen LogP contribution in [0.2, 0.25) is 0 Å². The number of halogens is 2. The summed E-state index contributed by atoms with van der Waals surface area (Å²) >= 11 is 0. The van der Waals surface area contributed by atoms with Crippen molar-refractivity contribution in [3.63, 3.8) is 0 Å². The standard InChI is InChI=1S/C16H21F2N3/c1-4-15-12(9-19-8-11(2)3)10-20-21(15)16-6-5-13(17)7-14(16)18/h5-7,10-11,19H,4,8-9H2,1-3H3. The van der Waals surface area contributed by atoms with Gasteiger partial charge in [0.1, 0.15) is 11.5 Å². The van der Waals surface area contributed by atoms with Gasteiger partial charge in [-0.25, -0.2) is 13.5 Å². The number of benzene rings is 1. The quantitative estimate of drug-likeness (QED) is 0.884. The molecule has 0 saturated carbocycles. The van der Waals surface area contributed by atoms with Gasteiger partial charge in [-0.05, 0) is 31.0 Å². The molecular weight excluding hydrogens is 272 g/mol. The van der Waals surface area contributed by atoms with E-state index in [0.29, 0.717) is 12.5 Å². The van der Waals surface area contributed by atoms with Gasteiger partial charge in [0, 0.05) is 23.9 Å². The van der Waals surface area contributed by atoms with Crippen molar-refractivity contribution in [3.8, 4) is 5.69 Å². The molecule has 1 heterocycles. The van der Waals surface area contributed by atoms with Crippen LogP contribution < -0.4 is 5.32 Å². The lowest BCUT2D eigenvalue weighted by atomic mass is 10.1. The summed E-state index contributed by atoms with van der Waals surface area (Å²) in [5, 5.41) is 7.62. The first-order chi connectivity index (χ1) is 10.0. The molecule has 21 heavy (non-hydrogen) atoms. The average Bonchev–Trinajstić information content (AvgIpc) is 2.81. The highest BCUT2D eigenvalue weighted by atomic mass is 19.1. The average molecular weight is 293 g/mol. The molecule has 0 aliphatic carbocycles. The van der Waals surface area contributed by atoms with Gasteiger partial charge in [-0.3, -0.25) is 0 Å². The van der Waals surface area contributed by atoms with Crippen LogP contribution >= 0.6 is 0 Å². The second kappa shape index (κ2) is 6.80. The van der Waals surface area contributed by atoms with Gasteiger partial charge in [0.15, 0.2) is 5.82 Å². The minimum atomic E-state index is -0.602. The molecule has 0 saturated heterocycles. The van der Waals surface area contributed by atoms with Gasteiger partial charge < -0.3 is 5.32 Å². The van der Waals surface area contributed by atoms with Crippen LogP contribution in [0.25, 0.3) is 5.69 Å². The summed E-state index contributed by atoms with van der Waals surface area (Å²) in [6, 6.07) is 3.55. The van der Waals surface area contributed by atoms with E-state index in [0.717, 1.165) is 30.3 Å². The lowest BCUT2D eigenvalue weighted by molar-refractivity contribution is 0.550. The molecule has 5 heteroatoms.